The first-order chi connectivity index (χ1) is 12.7. The van der Waals surface area contributed by atoms with Gasteiger partial charge in [0.25, 0.3) is 0 Å². The molecule has 0 amide bonds. The summed E-state index contributed by atoms with van der Waals surface area (Å²) >= 11 is 4.99. The Kier molecular flexibility index (Phi) is 7.58. The van der Waals surface area contributed by atoms with E-state index in [9.17, 15) is 0 Å². The molecule has 3 rings (SSSR count). The van der Waals surface area contributed by atoms with E-state index in [0.29, 0.717) is 12.5 Å². The lowest BCUT2D eigenvalue weighted by Crippen LogP contribution is -2.31. The molecule has 5 nitrogen and oxygen atoms in total. The molecular weight excluding hydrogens is 412 g/mol. The fraction of sp³-hybridized carbons (Fsp3) is 0.474. The van der Waals surface area contributed by atoms with Crippen LogP contribution >= 0.6 is 27.9 Å². The number of piperidine rings is 1. The van der Waals surface area contributed by atoms with E-state index in [1.807, 2.05) is 31.3 Å². The molecule has 0 aliphatic carbocycles. The molecule has 2 aromatic rings. The summed E-state index contributed by atoms with van der Waals surface area (Å²) in [5, 5.41) is 0. The van der Waals surface area contributed by atoms with Gasteiger partial charge >= 0.3 is 0 Å². The van der Waals surface area contributed by atoms with Crippen molar-refractivity contribution in [1.82, 2.24) is 14.9 Å². The van der Waals surface area contributed by atoms with E-state index in [-0.39, 0.29) is 0 Å². The number of likely N-dealkylation sites (tertiary alicyclic amines) is 1. The van der Waals surface area contributed by atoms with Crippen molar-refractivity contribution in [1.29, 1.82) is 0 Å². The lowest BCUT2D eigenvalue weighted by Gasteiger charge is -2.26. The van der Waals surface area contributed by atoms with Crippen molar-refractivity contribution >= 4 is 33.6 Å². The smallest absolute Gasteiger partial charge is 0.238 e. The van der Waals surface area contributed by atoms with Gasteiger partial charge < -0.3 is 14.4 Å². The van der Waals surface area contributed by atoms with Gasteiger partial charge in [-0.1, -0.05) is 6.42 Å². The standard InChI is InChI=1S/C19H25BrN4OS/c1-15-6-7-17(14-21-15)26-23-18-12-16(20)13-22-19(18)25-11-5-10-24-8-3-2-4-9-24/h6-7,12-14,23H,2-5,8-11H2,1H3. The van der Waals surface area contributed by atoms with Crippen molar-refractivity contribution in [3.8, 4) is 5.88 Å². The summed E-state index contributed by atoms with van der Waals surface area (Å²) in [7, 11) is 0. The van der Waals surface area contributed by atoms with Gasteiger partial charge in [-0.3, -0.25) is 4.98 Å². The number of hydrogen-bond donors (Lipinski definition) is 1. The van der Waals surface area contributed by atoms with Crippen LogP contribution in [0.4, 0.5) is 5.69 Å². The summed E-state index contributed by atoms with van der Waals surface area (Å²) in [5.41, 5.74) is 1.87. The molecule has 0 atom stereocenters. The van der Waals surface area contributed by atoms with Gasteiger partial charge in [0, 0.05) is 34.0 Å². The molecule has 1 saturated heterocycles. The Morgan fingerprint density at radius 3 is 2.81 bits per heavy atom. The first-order valence-electron chi connectivity index (χ1n) is 9.07. The van der Waals surface area contributed by atoms with E-state index in [2.05, 4.69) is 35.5 Å². The van der Waals surface area contributed by atoms with Crippen LogP contribution in [-0.4, -0.2) is 41.1 Å². The molecule has 0 unspecified atom stereocenters. The van der Waals surface area contributed by atoms with E-state index < -0.39 is 0 Å². The Morgan fingerprint density at radius 1 is 1.19 bits per heavy atom. The van der Waals surface area contributed by atoms with E-state index in [1.165, 1.54) is 44.3 Å². The predicted molar refractivity (Wildman–Crippen MR) is 111 cm³/mol. The molecule has 2 aromatic heterocycles. The second kappa shape index (κ2) is 10.1. The second-order valence-electron chi connectivity index (χ2n) is 6.45. The zero-order valence-electron chi connectivity index (χ0n) is 15.1. The highest BCUT2D eigenvalue weighted by Crippen LogP contribution is 2.30. The van der Waals surface area contributed by atoms with Crippen LogP contribution in [0.25, 0.3) is 0 Å². The van der Waals surface area contributed by atoms with E-state index in [4.69, 9.17) is 4.74 Å². The average molecular weight is 437 g/mol. The quantitative estimate of drug-likeness (QED) is 0.467. The van der Waals surface area contributed by atoms with Crippen molar-refractivity contribution in [3.63, 3.8) is 0 Å². The minimum Gasteiger partial charge on any atom is -0.476 e. The van der Waals surface area contributed by atoms with Gasteiger partial charge in [-0.2, -0.15) is 0 Å². The Hall–Kier alpha value is -1.31. The van der Waals surface area contributed by atoms with E-state index in [1.54, 1.807) is 6.20 Å². The Labute approximate surface area is 168 Å². The minimum absolute atomic E-state index is 0.638. The maximum atomic E-state index is 5.94. The van der Waals surface area contributed by atoms with Crippen LogP contribution in [0.1, 0.15) is 31.4 Å². The lowest BCUT2D eigenvalue weighted by molar-refractivity contribution is 0.203. The Morgan fingerprint density at radius 2 is 2.04 bits per heavy atom. The highest BCUT2D eigenvalue weighted by molar-refractivity contribution is 9.10. The zero-order chi connectivity index (χ0) is 18.2. The molecule has 0 radical (unpaired) electrons. The number of nitrogens with one attached hydrogen (secondary N) is 1. The number of halogens is 1. The maximum Gasteiger partial charge on any atom is 0.238 e. The third-order valence-electron chi connectivity index (χ3n) is 4.29. The van der Waals surface area contributed by atoms with Crippen LogP contribution < -0.4 is 9.46 Å². The average Bonchev–Trinajstić information content (AvgIpc) is 2.67. The normalized spacial score (nSPS) is 15.0. The van der Waals surface area contributed by atoms with Crippen LogP contribution in [0.2, 0.25) is 0 Å². The van der Waals surface area contributed by atoms with Crippen LogP contribution in [0.3, 0.4) is 0 Å². The first kappa shape index (κ1) is 19.5. The molecule has 0 bridgehead atoms. The number of aryl methyl sites for hydroxylation is 1. The summed E-state index contributed by atoms with van der Waals surface area (Å²) in [6, 6.07) is 6.04. The monoisotopic (exact) mass is 436 g/mol. The van der Waals surface area contributed by atoms with Gasteiger partial charge in [0.2, 0.25) is 5.88 Å². The van der Waals surface area contributed by atoms with Gasteiger partial charge in [-0.15, -0.1) is 0 Å². The number of pyridine rings is 2. The number of rotatable bonds is 8. The molecule has 0 spiro atoms. The first-order valence-corrected chi connectivity index (χ1v) is 10.7. The molecule has 1 aliphatic heterocycles. The third-order valence-corrected chi connectivity index (χ3v) is 5.52. The Balaban J connectivity index is 1.50. The summed E-state index contributed by atoms with van der Waals surface area (Å²) in [6.07, 6.45) is 8.68. The summed E-state index contributed by atoms with van der Waals surface area (Å²) in [4.78, 5) is 12.3. The summed E-state index contributed by atoms with van der Waals surface area (Å²) in [5.74, 6) is 0.638. The molecule has 7 heteroatoms. The van der Waals surface area contributed by atoms with Crippen LogP contribution in [0, 0.1) is 6.92 Å². The van der Waals surface area contributed by atoms with Gasteiger partial charge in [0.05, 0.1) is 6.61 Å². The van der Waals surface area contributed by atoms with Crippen molar-refractivity contribution < 1.29 is 4.74 Å². The predicted octanol–water partition coefficient (Wildman–Crippen LogP) is 4.92. The number of aromatic nitrogens is 2. The molecule has 0 aromatic carbocycles. The molecule has 1 aliphatic rings. The molecule has 140 valence electrons. The van der Waals surface area contributed by atoms with Gasteiger partial charge in [-0.25, -0.2) is 4.98 Å². The van der Waals surface area contributed by atoms with Gasteiger partial charge in [0.15, 0.2) is 0 Å². The molecular formula is C19H25BrN4OS. The van der Waals surface area contributed by atoms with Gasteiger partial charge in [-0.05, 0) is 85.4 Å². The van der Waals surface area contributed by atoms with E-state index in [0.717, 1.165) is 33.7 Å². The van der Waals surface area contributed by atoms with E-state index >= 15 is 0 Å². The van der Waals surface area contributed by atoms with Crippen molar-refractivity contribution in [3.05, 3.63) is 40.8 Å². The highest BCUT2D eigenvalue weighted by atomic mass is 79.9. The lowest BCUT2D eigenvalue weighted by atomic mass is 10.1. The summed E-state index contributed by atoms with van der Waals surface area (Å²) in [6.45, 7) is 6.21. The molecule has 0 saturated carbocycles. The topological polar surface area (TPSA) is 50.3 Å². The van der Waals surface area contributed by atoms with Crippen LogP contribution in [0.5, 0.6) is 5.88 Å². The molecule has 1 N–H and O–H groups in total. The Bertz CT molecular complexity index is 692. The number of ether oxygens (including phenoxy) is 1. The molecule has 3 heterocycles. The molecule has 1 fully saturated rings. The van der Waals surface area contributed by atoms with Crippen molar-refractivity contribution in [2.75, 3.05) is 31.0 Å². The fourth-order valence-corrected chi connectivity index (χ4v) is 3.83. The number of nitrogens with zero attached hydrogens (tertiary/aromatic N) is 3. The zero-order valence-corrected chi connectivity index (χ0v) is 17.5. The molecule has 26 heavy (non-hydrogen) atoms. The number of hydrogen-bond acceptors (Lipinski definition) is 6. The summed E-state index contributed by atoms with van der Waals surface area (Å²) < 4.78 is 10.2. The SMILES string of the molecule is Cc1ccc(SNc2cc(Br)cnc2OCCCN2CCCCC2)cn1. The minimum atomic E-state index is 0.638. The van der Waals surface area contributed by atoms with Crippen LogP contribution in [-0.2, 0) is 0 Å². The second-order valence-corrected chi connectivity index (χ2v) is 8.25. The maximum absolute atomic E-state index is 5.94. The van der Waals surface area contributed by atoms with Crippen molar-refractivity contribution in [2.24, 2.45) is 0 Å². The van der Waals surface area contributed by atoms with Gasteiger partial charge in [0.1, 0.15) is 5.69 Å². The highest BCUT2D eigenvalue weighted by Gasteiger charge is 2.11. The largest absolute Gasteiger partial charge is 0.476 e. The third kappa shape index (κ3) is 6.14. The fourth-order valence-electron chi connectivity index (χ4n) is 2.88. The number of anilines is 1. The van der Waals surface area contributed by atoms with Crippen molar-refractivity contribution in [2.45, 2.75) is 37.5 Å². The van der Waals surface area contributed by atoms with Crippen LogP contribution in [0.15, 0.2) is 40.0 Å².